The van der Waals surface area contributed by atoms with E-state index >= 15 is 0 Å². The largest absolute Gasteiger partial charge is 0.416 e. The van der Waals surface area contributed by atoms with E-state index < -0.39 is 35.0 Å². The third kappa shape index (κ3) is 5.53. The van der Waals surface area contributed by atoms with Gasteiger partial charge in [0.05, 0.1) is 27.7 Å². The fourth-order valence-corrected chi connectivity index (χ4v) is 4.78. The quantitative estimate of drug-likeness (QED) is 0.248. The van der Waals surface area contributed by atoms with E-state index in [0.717, 1.165) is 26.5 Å². The van der Waals surface area contributed by atoms with Crippen LogP contribution < -0.4 is 4.90 Å². The molecule has 12 heteroatoms. The molecule has 0 aliphatic rings. The Morgan fingerprint density at radius 3 is 2.33 bits per heavy atom. The molecule has 0 fully saturated rings. The zero-order valence-electron chi connectivity index (χ0n) is 18.9. The van der Waals surface area contributed by atoms with Gasteiger partial charge >= 0.3 is 12.4 Å². The lowest BCUT2D eigenvalue weighted by atomic mass is 10.0. The van der Waals surface area contributed by atoms with Crippen LogP contribution in [0.3, 0.4) is 0 Å². The number of carbonyl (C=O) groups is 1. The molecular weight excluding hydrogens is 506 g/mol. The van der Waals surface area contributed by atoms with Crippen LogP contribution in [0.15, 0.2) is 55.1 Å². The molecule has 4 aromatic rings. The maximum Gasteiger partial charge on any atom is 0.416 e. The van der Waals surface area contributed by atoms with E-state index in [2.05, 4.69) is 9.97 Å². The van der Waals surface area contributed by atoms with Gasteiger partial charge in [-0.05, 0) is 42.7 Å². The van der Waals surface area contributed by atoms with E-state index in [0.29, 0.717) is 37.0 Å². The van der Waals surface area contributed by atoms with Crippen molar-refractivity contribution in [1.29, 1.82) is 0 Å². The number of aryl methyl sites for hydroxylation is 2. The van der Waals surface area contributed by atoms with Gasteiger partial charge in [-0.3, -0.25) is 9.69 Å². The van der Waals surface area contributed by atoms with Crippen molar-refractivity contribution in [3.05, 3.63) is 77.4 Å². The Hall–Kier alpha value is -3.41. The summed E-state index contributed by atoms with van der Waals surface area (Å²) in [6, 6.07) is 6.41. The summed E-state index contributed by atoms with van der Waals surface area (Å²) in [4.78, 5) is 23.1. The van der Waals surface area contributed by atoms with Gasteiger partial charge in [0, 0.05) is 31.0 Å². The Kier molecular flexibility index (Phi) is 7.07. The molecule has 5 nitrogen and oxygen atoms in total. The van der Waals surface area contributed by atoms with Crippen molar-refractivity contribution in [2.45, 2.75) is 38.7 Å². The minimum atomic E-state index is -5.06. The van der Waals surface area contributed by atoms with Gasteiger partial charge in [-0.1, -0.05) is 30.4 Å². The predicted molar refractivity (Wildman–Crippen MR) is 124 cm³/mol. The molecule has 0 atom stereocenters. The van der Waals surface area contributed by atoms with Crippen molar-refractivity contribution in [2.24, 2.45) is 0 Å². The molecule has 0 saturated carbocycles. The number of nitrogens with zero attached hydrogens (tertiary/aromatic N) is 4. The number of aromatic nitrogens is 3. The molecule has 0 unspecified atom stereocenters. The van der Waals surface area contributed by atoms with Crippen LogP contribution in [-0.4, -0.2) is 27.0 Å². The summed E-state index contributed by atoms with van der Waals surface area (Å²) in [5.41, 5.74) is -2.24. The molecule has 2 aromatic heterocycles. The third-order valence-corrected chi connectivity index (χ3v) is 6.58. The topological polar surface area (TPSA) is 51.0 Å². The number of fused-ring (bicyclic) bond motifs is 1. The first-order valence-electron chi connectivity index (χ1n) is 10.9. The highest BCUT2D eigenvalue weighted by atomic mass is 32.1. The van der Waals surface area contributed by atoms with Gasteiger partial charge < -0.3 is 4.57 Å². The Morgan fingerprint density at radius 2 is 1.75 bits per heavy atom. The van der Waals surface area contributed by atoms with Gasteiger partial charge in [-0.25, -0.2) is 9.97 Å². The number of anilines is 1. The van der Waals surface area contributed by atoms with Crippen LogP contribution in [-0.2, 0) is 25.3 Å². The Labute approximate surface area is 206 Å². The smallest absolute Gasteiger partial charge is 0.337 e. The van der Waals surface area contributed by atoms with Gasteiger partial charge in [-0.2, -0.15) is 26.3 Å². The summed E-state index contributed by atoms with van der Waals surface area (Å²) in [5.74, 6) is -0.991. The number of amides is 1. The van der Waals surface area contributed by atoms with Crippen LogP contribution in [0.5, 0.6) is 0 Å². The first kappa shape index (κ1) is 25.7. The van der Waals surface area contributed by atoms with Crippen molar-refractivity contribution >= 4 is 32.6 Å². The number of imidazole rings is 1. The van der Waals surface area contributed by atoms with E-state index in [1.54, 1.807) is 29.4 Å². The van der Waals surface area contributed by atoms with E-state index in [1.807, 2.05) is 19.1 Å². The first-order valence-corrected chi connectivity index (χ1v) is 11.7. The maximum atomic E-state index is 13.5. The predicted octanol–water partition coefficient (Wildman–Crippen LogP) is 6.83. The Bertz CT molecular complexity index is 1330. The standard InChI is InChI=1S/C24H20F6N4OS/c1-2-15-5-3-6-19-20(15)32-22(36-19)34(9-4-8-33-10-7-31-14-33)21(35)16-11-17(23(25,26)27)13-18(12-16)24(28,29)30/h3,5-7,10-14H,2,4,8-9H2,1H3. The molecule has 0 aliphatic carbocycles. The SMILES string of the molecule is CCc1cccc2sc(N(CCCn3ccnc3)C(=O)c3cc(C(F)(F)F)cc(C(F)(F)F)c3)nc12. The second-order valence-corrected chi connectivity index (χ2v) is 9.03. The van der Waals surface area contributed by atoms with Crippen molar-refractivity contribution in [2.75, 3.05) is 11.4 Å². The van der Waals surface area contributed by atoms with Crippen LogP contribution in [0, 0.1) is 0 Å². The highest BCUT2D eigenvalue weighted by Crippen LogP contribution is 2.37. The number of para-hydroxylation sites is 1. The Balaban J connectivity index is 1.76. The van der Waals surface area contributed by atoms with Crippen LogP contribution >= 0.6 is 11.3 Å². The van der Waals surface area contributed by atoms with Crippen LogP contribution in [0.2, 0.25) is 0 Å². The van der Waals surface area contributed by atoms with Gasteiger partial charge in [0.15, 0.2) is 5.13 Å². The van der Waals surface area contributed by atoms with Crippen molar-refractivity contribution in [3.63, 3.8) is 0 Å². The number of rotatable bonds is 7. The van der Waals surface area contributed by atoms with Gasteiger partial charge in [0.2, 0.25) is 0 Å². The lowest BCUT2D eigenvalue weighted by molar-refractivity contribution is -0.143. The summed E-state index contributed by atoms with van der Waals surface area (Å²) in [5, 5.41) is 0.201. The molecule has 36 heavy (non-hydrogen) atoms. The van der Waals surface area contributed by atoms with Crippen LogP contribution in [0.4, 0.5) is 31.5 Å². The molecule has 0 radical (unpaired) electrons. The zero-order chi connectivity index (χ0) is 26.1. The molecule has 2 heterocycles. The number of carbonyl (C=O) groups excluding carboxylic acids is 1. The number of thiazole rings is 1. The summed E-state index contributed by atoms with van der Waals surface area (Å²) < 4.78 is 82.9. The van der Waals surface area contributed by atoms with Gasteiger partial charge in [0.25, 0.3) is 5.91 Å². The average molecular weight is 527 g/mol. The molecule has 2 aromatic carbocycles. The van der Waals surface area contributed by atoms with Crippen molar-refractivity contribution in [1.82, 2.24) is 14.5 Å². The molecule has 0 N–H and O–H groups in total. The van der Waals surface area contributed by atoms with E-state index in [1.165, 1.54) is 0 Å². The summed E-state index contributed by atoms with van der Waals surface area (Å²) >= 11 is 1.16. The summed E-state index contributed by atoms with van der Waals surface area (Å²) in [6.45, 7) is 2.39. The minimum Gasteiger partial charge on any atom is -0.337 e. The molecule has 0 bridgehead atoms. The van der Waals surface area contributed by atoms with E-state index in [4.69, 9.17) is 0 Å². The monoisotopic (exact) mass is 526 g/mol. The number of hydrogen-bond donors (Lipinski definition) is 0. The molecule has 0 spiro atoms. The lowest BCUT2D eigenvalue weighted by Crippen LogP contribution is -2.33. The summed E-state index contributed by atoms with van der Waals surface area (Å²) in [6.07, 6.45) is -4.24. The number of hydrogen-bond acceptors (Lipinski definition) is 4. The molecule has 0 aliphatic heterocycles. The minimum absolute atomic E-state index is 0.00533. The van der Waals surface area contributed by atoms with Crippen molar-refractivity contribution < 1.29 is 31.1 Å². The highest BCUT2D eigenvalue weighted by Gasteiger charge is 2.38. The lowest BCUT2D eigenvalue weighted by Gasteiger charge is -2.21. The van der Waals surface area contributed by atoms with Gasteiger partial charge in [-0.15, -0.1) is 0 Å². The maximum absolute atomic E-state index is 13.5. The molecule has 4 rings (SSSR count). The third-order valence-electron chi connectivity index (χ3n) is 5.54. The second-order valence-electron chi connectivity index (χ2n) is 8.02. The fraction of sp³-hybridized carbons (Fsp3) is 0.292. The average Bonchev–Trinajstić information content (AvgIpc) is 3.49. The zero-order valence-corrected chi connectivity index (χ0v) is 19.7. The molecule has 190 valence electrons. The second kappa shape index (κ2) is 9.92. The summed E-state index contributed by atoms with van der Waals surface area (Å²) in [7, 11) is 0. The normalized spacial score (nSPS) is 12.3. The fourth-order valence-electron chi connectivity index (χ4n) is 3.74. The molecule has 0 saturated heterocycles. The van der Waals surface area contributed by atoms with Crippen molar-refractivity contribution in [3.8, 4) is 0 Å². The van der Waals surface area contributed by atoms with E-state index in [-0.39, 0.29) is 17.7 Å². The molecule has 1 amide bonds. The van der Waals surface area contributed by atoms with Crippen LogP contribution in [0.1, 0.15) is 40.4 Å². The first-order chi connectivity index (χ1) is 17.0. The highest BCUT2D eigenvalue weighted by molar-refractivity contribution is 7.22. The number of benzene rings is 2. The van der Waals surface area contributed by atoms with E-state index in [9.17, 15) is 31.1 Å². The molecular formula is C24H20F6N4OS. The van der Waals surface area contributed by atoms with Gasteiger partial charge in [0.1, 0.15) is 0 Å². The number of alkyl halides is 6. The Morgan fingerprint density at radius 1 is 1.06 bits per heavy atom. The number of halogens is 6. The van der Waals surface area contributed by atoms with Crippen LogP contribution in [0.25, 0.3) is 10.2 Å².